The van der Waals surface area contributed by atoms with Crippen molar-refractivity contribution in [3.05, 3.63) is 0 Å². The van der Waals surface area contributed by atoms with Gasteiger partial charge in [-0.25, -0.2) is 12.7 Å². The Balaban J connectivity index is 0.00000400. The molecule has 1 saturated heterocycles. The third kappa shape index (κ3) is 8.79. The van der Waals surface area contributed by atoms with Gasteiger partial charge in [-0.15, -0.1) is 24.0 Å². The van der Waals surface area contributed by atoms with Crippen molar-refractivity contribution in [3.63, 3.8) is 0 Å². The lowest BCUT2D eigenvalue weighted by Crippen LogP contribution is -2.35. The van der Waals surface area contributed by atoms with Gasteiger partial charge in [0.1, 0.15) is 0 Å². The molecule has 1 aliphatic heterocycles. The highest BCUT2D eigenvalue weighted by Gasteiger charge is 2.27. The first-order valence-corrected chi connectivity index (χ1v) is 8.76. The molecule has 0 spiro atoms. The van der Waals surface area contributed by atoms with E-state index in [-0.39, 0.29) is 29.7 Å². The van der Waals surface area contributed by atoms with Gasteiger partial charge in [0.2, 0.25) is 10.0 Å². The molecule has 0 aliphatic carbocycles. The second-order valence-electron chi connectivity index (χ2n) is 4.67. The van der Waals surface area contributed by atoms with Crippen LogP contribution in [0.4, 0.5) is 0 Å². The number of hydrogen-bond acceptors (Lipinski definition) is 4. The number of halogens is 1. The van der Waals surface area contributed by atoms with Crippen LogP contribution in [0.5, 0.6) is 0 Å². The standard InChI is InChI=1S/C12H26N4O3S.HI/c1-2-19-10-4-7-15-12(13)14-6-3-8-16-9-5-11-20(16,17)18;/h2-11H2,1H3,(H3,13,14,15);1H. The number of hydrogen-bond donors (Lipinski definition) is 2. The molecule has 1 fully saturated rings. The molecule has 0 aromatic rings. The molecule has 0 aromatic carbocycles. The fourth-order valence-corrected chi connectivity index (χ4v) is 3.55. The lowest BCUT2D eigenvalue weighted by molar-refractivity contribution is 0.146. The molecule has 0 amide bonds. The van der Waals surface area contributed by atoms with Crippen molar-refractivity contribution in [2.45, 2.75) is 26.2 Å². The molecule has 1 heterocycles. The van der Waals surface area contributed by atoms with Gasteiger partial charge in [-0.05, 0) is 26.2 Å². The summed E-state index contributed by atoms with van der Waals surface area (Å²) in [5.41, 5.74) is 5.70. The number of aliphatic imine (C=N–C) groups is 1. The smallest absolute Gasteiger partial charge is 0.214 e. The maximum atomic E-state index is 11.6. The maximum Gasteiger partial charge on any atom is 0.214 e. The molecule has 1 aliphatic rings. The van der Waals surface area contributed by atoms with E-state index >= 15 is 0 Å². The van der Waals surface area contributed by atoms with Gasteiger partial charge in [0.05, 0.1) is 5.75 Å². The number of nitrogens with zero attached hydrogens (tertiary/aromatic N) is 2. The van der Waals surface area contributed by atoms with E-state index in [0.29, 0.717) is 38.7 Å². The molecule has 21 heavy (non-hydrogen) atoms. The van der Waals surface area contributed by atoms with Crippen LogP contribution in [-0.2, 0) is 14.8 Å². The first-order valence-electron chi connectivity index (χ1n) is 7.15. The van der Waals surface area contributed by atoms with E-state index in [1.165, 1.54) is 0 Å². The molecule has 0 radical (unpaired) electrons. The Morgan fingerprint density at radius 2 is 2.19 bits per heavy atom. The van der Waals surface area contributed by atoms with Crippen LogP contribution in [0.25, 0.3) is 0 Å². The summed E-state index contributed by atoms with van der Waals surface area (Å²) in [6.07, 6.45) is 2.32. The highest BCUT2D eigenvalue weighted by atomic mass is 127. The van der Waals surface area contributed by atoms with Crippen LogP contribution in [-0.4, -0.2) is 63.8 Å². The van der Waals surface area contributed by atoms with Crippen molar-refractivity contribution in [2.24, 2.45) is 10.7 Å². The van der Waals surface area contributed by atoms with Crippen molar-refractivity contribution >= 4 is 40.0 Å². The number of guanidine groups is 1. The molecule has 3 N–H and O–H groups in total. The van der Waals surface area contributed by atoms with Crippen molar-refractivity contribution in [1.82, 2.24) is 9.62 Å². The van der Waals surface area contributed by atoms with Gasteiger partial charge in [-0.3, -0.25) is 4.99 Å². The Labute approximate surface area is 144 Å². The van der Waals surface area contributed by atoms with Gasteiger partial charge in [-0.2, -0.15) is 0 Å². The van der Waals surface area contributed by atoms with Gasteiger partial charge < -0.3 is 15.8 Å². The highest BCUT2D eigenvalue weighted by molar-refractivity contribution is 14.0. The van der Waals surface area contributed by atoms with Crippen LogP contribution < -0.4 is 11.1 Å². The fraction of sp³-hybridized carbons (Fsp3) is 0.917. The minimum Gasteiger partial charge on any atom is -0.382 e. The van der Waals surface area contributed by atoms with E-state index in [0.717, 1.165) is 25.9 Å². The molecule has 0 unspecified atom stereocenters. The first-order chi connectivity index (χ1) is 9.56. The number of nitrogens with two attached hydrogens (primary N) is 1. The number of sulfonamides is 1. The molecular weight excluding hydrogens is 407 g/mol. The van der Waals surface area contributed by atoms with Gasteiger partial charge in [-0.1, -0.05) is 0 Å². The summed E-state index contributed by atoms with van der Waals surface area (Å²) in [5.74, 6) is 0.690. The van der Waals surface area contributed by atoms with Crippen LogP contribution in [0.15, 0.2) is 4.99 Å². The van der Waals surface area contributed by atoms with Crippen LogP contribution in [0.3, 0.4) is 0 Å². The summed E-state index contributed by atoms with van der Waals surface area (Å²) < 4.78 is 29.9. The second kappa shape index (κ2) is 11.4. The first kappa shape index (κ1) is 20.9. The van der Waals surface area contributed by atoms with Crippen LogP contribution in [0.2, 0.25) is 0 Å². The van der Waals surface area contributed by atoms with Gasteiger partial charge in [0, 0.05) is 39.4 Å². The maximum absolute atomic E-state index is 11.6. The van der Waals surface area contributed by atoms with E-state index in [1.807, 2.05) is 6.92 Å². The second-order valence-corrected chi connectivity index (χ2v) is 6.75. The lowest BCUT2D eigenvalue weighted by Gasteiger charge is -2.14. The molecule has 0 saturated carbocycles. The summed E-state index contributed by atoms with van der Waals surface area (Å²) in [4.78, 5) is 4.17. The molecule has 1 rings (SSSR count). The van der Waals surface area contributed by atoms with Crippen molar-refractivity contribution < 1.29 is 13.2 Å². The molecule has 126 valence electrons. The molecule has 0 atom stereocenters. The normalized spacial score (nSPS) is 18.4. The Morgan fingerprint density at radius 3 is 2.81 bits per heavy atom. The minimum atomic E-state index is -2.98. The number of ether oxygens (including phenoxy) is 1. The summed E-state index contributed by atoms with van der Waals surface area (Å²) in [6.45, 7) is 5.83. The van der Waals surface area contributed by atoms with Crippen LogP contribution in [0.1, 0.15) is 26.2 Å². The summed E-state index contributed by atoms with van der Waals surface area (Å²) in [6, 6.07) is 0. The lowest BCUT2D eigenvalue weighted by atomic mass is 10.4. The number of nitrogens with one attached hydrogen (secondary N) is 1. The zero-order chi connectivity index (χ0) is 14.8. The predicted octanol–water partition coefficient (Wildman–Crippen LogP) is 0.361. The van der Waals surface area contributed by atoms with Crippen LogP contribution >= 0.6 is 24.0 Å². The van der Waals surface area contributed by atoms with E-state index < -0.39 is 10.0 Å². The zero-order valence-corrected chi connectivity index (χ0v) is 15.7. The van der Waals surface area contributed by atoms with E-state index in [9.17, 15) is 8.42 Å². The summed E-state index contributed by atoms with van der Waals surface area (Å²) in [7, 11) is -2.98. The summed E-state index contributed by atoms with van der Waals surface area (Å²) >= 11 is 0. The quantitative estimate of drug-likeness (QED) is 0.237. The van der Waals surface area contributed by atoms with E-state index in [4.69, 9.17) is 10.5 Å². The minimum absolute atomic E-state index is 0. The molecule has 9 heteroatoms. The summed E-state index contributed by atoms with van der Waals surface area (Å²) in [5, 5.41) is 2.99. The Morgan fingerprint density at radius 1 is 1.43 bits per heavy atom. The monoisotopic (exact) mass is 434 g/mol. The topological polar surface area (TPSA) is 97.0 Å². The van der Waals surface area contributed by atoms with E-state index in [2.05, 4.69) is 10.3 Å². The third-order valence-corrected chi connectivity index (χ3v) is 4.98. The van der Waals surface area contributed by atoms with Gasteiger partial charge in [0.15, 0.2) is 5.96 Å². The predicted molar refractivity (Wildman–Crippen MR) is 95.6 cm³/mol. The molecule has 7 nitrogen and oxygen atoms in total. The van der Waals surface area contributed by atoms with Crippen molar-refractivity contribution in [2.75, 3.05) is 45.1 Å². The zero-order valence-electron chi connectivity index (χ0n) is 12.6. The van der Waals surface area contributed by atoms with Gasteiger partial charge in [0.25, 0.3) is 0 Å². The Kier molecular flexibility index (Phi) is 11.4. The molecule has 0 bridgehead atoms. The average Bonchev–Trinajstić information content (AvgIpc) is 2.73. The van der Waals surface area contributed by atoms with Gasteiger partial charge >= 0.3 is 0 Å². The third-order valence-electron chi connectivity index (χ3n) is 3.03. The largest absolute Gasteiger partial charge is 0.382 e. The SMILES string of the molecule is CCOCCCN=C(N)NCCCN1CCCS1(=O)=O.I. The Bertz CT molecular complexity index is 403. The molecular formula is C12H27IN4O3S. The Hall–Kier alpha value is -0.130. The van der Waals surface area contributed by atoms with Crippen molar-refractivity contribution in [1.29, 1.82) is 0 Å². The van der Waals surface area contributed by atoms with E-state index in [1.54, 1.807) is 4.31 Å². The van der Waals surface area contributed by atoms with Crippen LogP contribution in [0, 0.1) is 0 Å². The highest BCUT2D eigenvalue weighted by Crippen LogP contribution is 2.12. The number of rotatable bonds is 9. The molecule has 0 aromatic heterocycles. The average molecular weight is 434 g/mol. The fourth-order valence-electron chi connectivity index (χ4n) is 1.98. The van der Waals surface area contributed by atoms with Crippen molar-refractivity contribution in [3.8, 4) is 0 Å².